The van der Waals surface area contributed by atoms with E-state index in [0.29, 0.717) is 12.8 Å². The van der Waals surface area contributed by atoms with Crippen LogP contribution >= 0.6 is 0 Å². The zero-order valence-corrected chi connectivity index (χ0v) is 28.9. The molecule has 1 N–H and O–H groups in total. The van der Waals surface area contributed by atoms with E-state index in [9.17, 15) is 14.7 Å². The third-order valence-electron chi connectivity index (χ3n) is 7.91. The van der Waals surface area contributed by atoms with E-state index in [1.165, 1.54) is 103 Å². The molecule has 0 heterocycles. The number of carbonyl (C=O) groups is 2. The van der Waals surface area contributed by atoms with Gasteiger partial charge in [0.25, 0.3) is 0 Å². The topological polar surface area (TPSA) is 72.8 Å². The molecular formula is C39H70O5. The first kappa shape index (κ1) is 42.1. The average Bonchev–Trinajstić information content (AvgIpc) is 3.02. The van der Waals surface area contributed by atoms with Crippen LogP contribution in [0.3, 0.4) is 0 Å². The molecule has 0 amide bonds. The zero-order chi connectivity index (χ0) is 32.2. The van der Waals surface area contributed by atoms with Crippen LogP contribution in [0.15, 0.2) is 36.5 Å². The number of ether oxygens (including phenoxy) is 2. The number of carbonyl (C=O) groups excluding carboxylic acids is 2. The quantitative estimate of drug-likeness (QED) is 0.0450. The SMILES string of the molecule is CCCCCC=CCC=CCCCCCCCC(=O)OC[C@H](CO)OC(=O)CCCCCCCCCC=CCCCCCC. The number of allylic oxidation sites excluding steroid dienone is 6. The van der Waals surface area contributed by atoms with Crippen LogP contribution in [-0.2, 0) is 19.1 Å². The summed E-state index contributed by atoms with van der Waals surface area (Å²) in [6.45, 7) is 4.07. The van der Waals surface area contributed by atoms with Gasteiger partial charge < -0.3 is 14.6 Å². The first-order chi connectivity index (χ1) is 21.6. The van der Waals surface area contributed by atoms with E-state index in [1.807, 2.05) is 0 Å². The molecule has 5 heteroatoms. The Morgan fingerprint density at radius 1 is 0.523 bits per heavy atom. The largest absolute Gasteiger partial charge is 0.462 e. The van der Waals surface area contributed by atoms with Crippen LogP contribution in [0.2, 0.25) is 0 Å². The second-order valence-electron chi connectivity index (χ2n) is 12.3. The van der Waals surface area contributed by atoms with Crippen molar-refractivity contribution in [2.45, 2.75) is 187 Å². The number of hydrogen-bond acceptors (Lipinski definition) is 5. The zero-order valence-electron chi connectivity index (χ0n) is 28.9. The minimum atomic E-state index is -0.776. The molecule has 0 unspecified atom stereocenters. The Morgan fingerprint density at radius 3 is 1.41 bits per heavy atom. The number of unbranched alkanes of at least 4 members (excludes halogenated alkanes) is 19. The maximum atomic E-state index is 12.1. The van der Waals surface area contributed by atoms with E-state index < -0.39 is 6.10 Å². The predicted molar refractivity (Wildman–Crippen MR) is 187 cm³/mol. The summed E-state index contributed by atoms with van der Waals surface area (Å²) in [5.74, 6) is -0.612. The van der Waals surface area contributed by atoms with Gasteiger partial charge in [0.05, 0.1) is 6.61 Å². The Hall–Kier alpha value is -1.88. The Morgan fingerprint density at radius 2 is 0.909 bits per heavy atom. The molecule has 0 saturated heterocycles. The molecule has 0 radical (unpaired) electrons. The Labute approximate surface area is 272 Å². The first-order valence-corrected chi connectivity index (χ1v) is 18.5. The molecule has 0 aromatic rings. The third-order valence-corrected chi connectivity index (χ3v) is 7.91. The highest BCUT2D eigenvalue weighted by molar-refractivity contribution is 5.70. The highest BCUT2D eigenvalue weighted by Crippen LogP contribution is 2.12. The molecule has 5 nitrogen and oxygen atoms in total. The van der Waals surface area contributed by atoms with Crippen LogP contribution in [-0.4, -0.2) is 36.4 Å². The van der Waals surface area contributed by atoms with Crippen LogP contribution in [0.5, 0.6) is 0 Å². The summed E-state index contributed by atoms with van der Waals surface area (Å²) >= 11 is 0. The molecule has 1 atom stereocenters. The van der Waals surface area contributed by atoms with Crippen LogP contribution < -0.4 is 0 Å². The van der Waals surface area contributed by atoms with Gasteiger partial charge in [-0.05, 0) is 70.6 Å². The average molecular weight is 619 g/mol. The molecule has 0 aliphatic heterocycles. The smallest absolute Gasteiger partial charge is 0.306 e. The highest BCUT2D eigenvalue weighted by Gasteiger charge is 2.16. The van der Waals surface area contributed by atoms with Gasteiger partial charge in [-0.1, -0.05) is 134 Å². The lowest BCUT2D eigenvalue weighted by Crippen LogP contribution is -2.28. The van der Waals surface area contributed by atoms with Gasteiger partial charge >= 0.3 is 11.9 Å². The van der Waals surface area contributed by atoms with Gasteiger partial charge in [0.15, 0.2) is 6.10 Å². The molecule has 0 bridgehead atoms. The number of aliphatic hydroxyl groups is 1. The predicted octanol–water partition coefficient (Wildman–Crippen LogP) is 11.3. The van der Waals surface area contributed by atoms with E-state index in [1.54, 1.807) is 0 Å². The maximum Gasteiger partial charge on any atom is 0.306 e. The summed E-state index contributed by atoms with van der Waals surface area (Å²) in [5, 5.41) is 9.53. The van der Waals surface area contributed by atoms with Gasteiger partial charge in [-0.3, -0.25) is 9.59 Å². The third kappa shape index (κ3) is 33.0. The lowest BCUT2D eigenvalue weighted by atomic mass is 10.1. The fourth-order valence-corrected chi connectivity index (χ4v) is 5.05. The molecule has 256 valence electrons. The van der Waals surface area contributed by atoms with Gasteiger partial charge in [-0.25, -0.2) is 0 Å². The molecule has 0 spiro atoms. The van der Waals surface area contributed by atoms with E-state index in [0.717, 1.165) is 51.4 Å². The molecule has 0 aromatic carbocycles. The molecule has 0 aromatic heterocycles. The summed E-state index contributed by atoms with van der Waals surface area (Å²) < 4.78 is 10.6. The van der Waals surface area contributed by atoms with Gasteiger partial charge in [-0.2, -0.15) is 0 Å². The molecule has 0 rings (SSSR count). The lowest BCUT2D eigenvalue weighted by Gasteiger charge is -2.15. The first-order valence-electron chi connectivity index (χ1n) is 18.5. The Kier molecular flexibility index (Phi) is 34.1. The number of esters is 2. The van der Waals surface area contributed by atoms with Crippen molar-refractivity contribution < 1.29 is 24.2 Å². The van der Waals surface area contributed by atoms with Crippen molar-refractivity contribution in [3.05, 3.63) is 36.5 Å². The summed E-state index contributed by atoms with van der Waals surface area (Å²) in [5.41, 5.74) is 0. The number of aliphatic hydroxyl groups excluding tert-OH is 1. The van der Waals surface area contributed by atoms with Crippen LogP contribution in [0.25, 0.3) is 0 Å². The van der Waals surface area contributed by atoms with Crippen molar-refractivity contribution in [3.8, 4) is 0 Å². The molecule has 0 fully saturated rings. The standard InChI is InChI=1S/C39H70O5/c1-3-5-7-9-11-13-15-17-19-21-23-25-27-29-31-33-38(41)43-36-37(35-40)44-39(42)34-32-30-28-26-24-22-20-18-16-14-12-10-8-6-4-2/h11,13-14,16-17,19,37,40H,3-10,12,15,18,20-36H2,1-2H3/t37-/m0/s1. The second-order valence-corrected chi connectivity index (χ2v) is 12.3. The van der Waals surface area contributed by atoms with Crippen LogP contribution in [0.1, 0.15) is 181 Å². The van der Waals surface area contributed by atoms with Crippen molar-refractivity contribution in [3.63, 3.8) is 0 Å². The fourth-order valence-electron chi connectivity index (χ4n) is 5.05. The van der Waals surface area contributed by atoms with Gasteiger partial charge in [0.2, 0.25) is 0 Å². The van der Waals surface area contributed by atoms with Crippen LogP contribution in [0.4, 0.5) is 0 Å². The number of hydrogen-bond donors (Lipinski definition) is 1. The van der Waals surface area contributed by atoms with E-state index in [4.69, 9.17) is 9.47 Å². The maximum absolute atomic E-state index is 12.1. The van der Waals surface area contributed by atoms with Crippen molar-refractivity contribution in [2.75, 3.05) is 13.2 Å². The normalized spacial score (nSPS) is 12.5. The fraction of sp³-hybridized carbons (Fsp3) is 0.795. The van der Waals surface area contributed by atoms with Crippen molar-refractivity contribution in [2.24, 2.45) is 0 Å². The van der Waals surface area contributed by atoms with Crippen molar-refractivity contribution in [1.29, 1.82) is 0 Å². The molecular weight excluding hydrogens is 548 g/mol. The summed E-state index contributed by atoms with van der Waals surface area (Å²) in [6.07, 6.45) is 41.9. The number of rotatable bonds is 33. The highest BCUT2D eigenvalue weighted by atomic mass is 16.6. The molecule has 0 saturated carbocycles. The monoisotopic (exact) mass is 619 g/mol. The van der Waals surface area contributed by atoms with Crippen molar-refractivity contribution in [1.82, 2.24) is 0 Å². The lowest BCUT2D eigenvalue weighted by molar-refractivity contribution is -0.161. The van der Waals surface area contributed by atoms with Gasteiger partial charge in [-0.15, -0.1) is 0 Å². The van der Waals surface area contributed by atoms with E-state index >= 15 is 0 Å². The van der Waals surface area contributed by atoms with Crippen molar-refractivity contribution >= 4 is 11.9 Å². The summed E-state index contributed by atoms with van der Waals surface area (Å²) in [7, 11) is 0. The Bertz CT molecular complexity index is 711. The summed E-state index contributed by atoms with van der Waals surface area (Å²) in [4.78, 5) is 24.2. The molecule has 0 aliphatic carbocycles. The van der Waals surface area contributed by atoms with E-state index in [-0.39, 0.29) is 25.2 Å². The minimum absolute atomic E-state index is 0.0740. The van der Waals surface area contributed by atoms with E-state index in [2.05, 4.69) is 50.3 Å². The minimum Gasteiger partial charge on any atom is -0.462 e. The molecule has 44 heavy (non-hydrogen) atoms. The van der Waals surface area contributed by atoms with Crippen LogP contribution in [0, 0.1) is 0 Å². The van der Waals surface area contributed by atoms with Gasteiger partial charge in [0, 0.05) is 12.8 Å². The molecule has 0 aliphatic rings. The Balaban J connectivity index is 3.60. The van der Waals surface area contributed by atoms with Gasteiger partial charge in [0.1, 0.15) is 6.61 Å². The second kappa shape index (κ2) is 35.6. The summed E-state index contributed by atoms with van der Waals surface area (Å²) in [6, 6.07) is 0.